The molecule has 15 heavy (non-hydrogen) atoms. The van der Waals surface area contributed by atoms with Crippen LogP contribution in [0.1, 0.15) is 10.4 Å². The number of para-hydroxylation sites is 1. The van der Waals surface area contributed by atoms with Crippen molar-refractivity contribution in [1.82, 2.24) is 10.2 Å². The van der Waals surface area contributed by atoms with Gasteiger partial charge in [0, 0.05) is 11.6 Å². The number of amides is 1. The number of carbonyl (C=O) groups is 1. The summed E-state index contributed by atoms with van der Waals surface area (Å²) in [7, 11) is 0. The van der Waals surface area contributed by atoms with Crippen molar-refractivity contribution >= 4 is 16.8 Å². The Labute approximate surface area is 85.1 Å². The first-order valence-corrected chi connectivity index (χ1v) is 4.25. The molecule has 0 spiro atoms. The second kappa shape index (κ2) is 3.64. The zero-order valence-corrected chi connectivity index (χ0v) is 7.66. The molecule has 2 N–H and O–H groups in total. The van der Waals surface area contributed by atoms with E-state index in [-0.39, 0.29) is 5.56 Å². The van der Waals surface area contributed by atoms with Crippen molar-refractivity contribution in [3.63, 3.8) is 0 Å². The SMILES string of the molecule is O=C(c1cnc2ccccc2c1)N(O)O. The molecule has 76 valence electrons. The van der Waals surface area contributed by atoms with Crippen LogP contribution in [0.25, 0.3) is 10.9 Å². The van der Waals surface area contributed by atoms with E-state index in [1.165, 1.54) is 6.20 Å². The fraction of sp³-hybridized carbons (Fsp3) is 0. The average Bonchev–Trinajstić information content (AvgIpc) is 2.27. The van der Waals surface area contributed by atoms with Gasteiger partial charge < -0.3 is 0 Å². The third-order valence-corrected chi connectivity index (χ3v) is 2.02. The van der Waals surface area contributed by atoms with Gasteiger partial charge >= 0.3 is 5.91 Å². The van der Waals surface area contributed by atoms with Crippen molar-refractivity contribution in [3.8, 4) is 0 Å². The molecule has 0 radical (unpaired) electrons. The summed E-state index contributed by atoms with van der Waals surface area (Å²) < 4.78 is 0. The first-order chi connectivity index (χ1) is 7.18. The van der Waals surface area contributed by atoms with Crippen molar-refractivity contribution in [2.45, 2.75) is 0 Å². The largest absolute Gasteiger partial charge is 0.305 e. The molecule has 1 aromatic heterocycles. The highest BCUT2D eigenvalue weighted by Gasteiger charge is 2.11. The summed E-state index contributed by atoms with van der Waals surface area (Å²) in [5.74, 6) is -0.909. The minimum absolute atomic E-state index is 0.124. The number of aromatic nitrogens is 1. The molecule has 0 saturated carbocycles. The van der Waals surface area contributed by atoms with Crippen molar-refractivity contribution in [3.05, 3.63) is 42.1 Å². The quantitative estimate of drug-likeness (QED) is 0.544. The maximum atomic E-state index is 11.2. The third-order valence-electron chi connectivity index (χ3n) is 2.02. The Morgan fingerprint density at radius 3 is 2.73 bits per heavy atom. The molecule has 0 unspecified atom stereocenters. The number of pyridine rings is 1. The number of fused-ring (bicyclic) bond motifs is 1. The van der Waals surface area contributed by atoms with Gasteiger partial charge in [0.05, 0.1) is 11.1 Å². The van der Waals surface area contributed by atoms with E-state index in [4.69, 9.17) is 10.4 Å². The topological polar surface area (TPSA) is 73.7 Å². The van der Waals surface area contributed by atoms with Crippen molar-refractivity contribution in [2.24, 2.45) is 0 Å². The smallest absolute Gasteiger partial charge is 0.264 e. The van der Waals surface area contributed by atoms with E-state index in [0.29, 0.717) is 0 Å². The number of hydrogen-bond acceptors (Lipinski definition) is 4. The van der Waals surface area contributed by atoms with E-state index >= 15 is 0 Å². The lowest BCUT2D eigenvalue weighted by atomic mass is 10.1. The molecular weight excluding hydrogens is 196 g/mol. The summed E-state index contributed by atoms with van der Waals surface area (Å²) in [5.41, 5.74) is 0.871. The lowest BCUT2D eigenvalue weighted by molar-refractivity contribution is -0.260. The minimum atomic E-state index is -0.909. The van der Waals surface area contributed by atoms with E-state index < -0.39 is 11.1 Å². The molecule has 0 fully saturated rings. The Bertz CT molecular complexity index is 511. The van der Waals surface area contributed by atoms with E-state index in [0.717, 1.165) is 10.9 Å². The molecule has 0 aliphatic rings. The Hall–Kier alpha value is -1.98. The van der Waals surface area contributed by atoms with Crippen molar-refractivity contribution in [1.29, 1.82) is 0 Å². The van der Waals surface area contributed by atoms with Gasteiger partial charge in [-0.3, -0.25) is 20.2 Å². The molecule has 5 nitrogen and oxygen atoms in total. The van der Waals surface area contributed by atoms with E-state index in [9.17, 15) is 4.79 Å². The maximum Gasteiger partial charge on any atom is 0.305 e. The summed E-state index contributed by atoms with van der Waals surface area (Å²) in [4.78, 5) is 15.2. The van der Waals surface area contributed by atoms with Crippen molar-refractivity contribution < 1.29 is 15.2 Å². The molecule has 0 atom stereocenters. The van der Waals surface area contributed by atoms with E-state index in [2.05, 4.69) is 4.98 Å². The van der Waals surface area contributed by atoms with Gasteiger partial charge in [-0.25, -0.2) is 0 Å². The molecule has 0 aliphatic carbocycles. The highest BCUT2D eigenvalue weighted by atomic mass is 16.8. The molecule has 0 saturated heterocycles. The summed E-state index contributed by atoms with van der Waals surface area (Å²) in [6.45, 7) is 0. The number of rotatable bonds is 1. The fourth-order valence-corrected chi connectivity index (χ4v) is 1.30. The van der Waals surface area contributed by atoms with Crippen LogP contribution < -0.4 is 0 Å². The lowest BCUT2D eigenvalue weighted by Gasteiger charge is -2.05. The van der Waals surface area contributed by atoms with Gasteiger partial charge in [-0.2, -0.15) is 0 Å². The van der Waals surface area contributed by atoms with Gasteiger partial charge in [0.1, 0.15) is 0 Å². The molecule has 5 heteroatoms. The zero-order valence-electron chi connectivity index (χ0n) is 7.66. The summed E-state index contributed by atoms with van der Waals surface area (Å²) in [5, 5.41) is 17.4. The van der Waals surface area contributed by atoms with Gasteiger partial charge in [0.2, 0.25) is 0 Å². The van der Waals surface area contributed by atoms with Crippen LogP contribution in [-0.4, -0.2) is 26.5 Å². The highest BCUT2D eigenvalue weighted by Crippen LogP contribution is 2.13. The van der Waals surface area contributed by atoms with Crippen LogP contribution >= 0.6 is 0 Å². The van der Waals surface area contributed by atoms with E-state index in [1.807, 2.05) is 12.1 Å². The first-order valence-electron chi connectivity index (χ1n) is 4.25. The Balaban J connectivity index is 2.52. The number of nitrogens with zero attached hydrogens (tertiary/aromatic N) is 2. The standard InChI is InChI=1S/C10H8N2O3/c13-10(12(14)15)8-5-7-3-1-2-4-9(7)11-6-8/h1-6,14-15H. The van der Waals surface area contributed by atoms with Gasteiger partial charge in [-0.15, -0.1) is 0 Å². The number of hydroxylamine groups is 2. The highest BCUT2D eigenvalue weighted by molar-refractivity contribution is 5.95. The van der Waals surface area contributed by atoms with Crippen LogP contribution in [0.5, 0.6) is 0 Å². The molecular formula is C10H8N2O3. The maximum absolute atomic E-state index is 11.2. The molecule has 1 heterocycles. The number of carbonyl (C=O) groups excluding carboxylic acids is 1. The summed E-state index contributed by atoms with van der Waals surface area (Å²) in [6.07, 6.45) is 1.30. The van der Waals surface area contributed by atoms with Crippen LogP contribution in [0, 0.1) is 0 Å². The lowest BCUT2D eigenvalue weighted by Crippen LogP contribution is -2.23. The summed E-state index contributed by atoms with van der Waals surface area (Å²) in [6, 6.07) is 8.79. The molecule has 0 aliphatic heterocycles. The molecule has 1 aromatic carbocycles. The predicted molar refractivity (Wildman–Crippen MR) is 51.5 cm³/mol. The monoisotopic (exact) mass is 204 g/mol. The van der Waals surface area contributed by atoms with Crippen LogP contribution in [0.2, 0.25) is 0 Å². The average molecular weight is 204 g/mol. The Morgan fingerprint density at radius 2 is 2.00 bits per heavy atom. The molecule has 2 rings (SSSR count). The normalized spacial score (nSPS) is 10.3. The zero-order chi connectivity index (χ0) is 10.8. The van der Waals surface area contributed by atoms with Gasteiger partial charge in [0.25, 0.3) is 0 Å². The van der Waals surface area contributed by atoms with E-state index in [1.54, 1.807) is 18.2 Å². The predicted octanol–water partition coefficient (Wildman–Crippen LogP) is 1.46. The van der Waals surface area contributed by atoms with Crippen LogP contribution in [0.3, 0.4) is 0 Å². The van der Waals surface area contributed by atoms with Gasteiger partial charge in [-0.05, 0) is 12.1 Å². The molecule has 1 amide bonds. The number of hydrogen-bond donors (Lipinski definition) is 2. The third kappa shape index (κ3) is 1.78. The van der Waals surface area contributed by atoms with Gasteiger partial charge in [0.15, 0.2) is 0 Å². The Kier molecular flexibility index (Phi) is 2.32. The van der Waals surface area contributed by atoms with Crippen molar-refractivity contribution in [2.75, 3.05) is 0 Å². The first kappa shape index (κ1) is 9.57. The molecule has 0 bridgehead atoms. The fourth-order valence-electron chi connectivity index (χ4n) is 1.30. The molecule has 2 aromatic rings. The second-order valence-corrected chi connectivity index (χ2v) is 3.01. The van der Waals surface area contributed by atoms with Gasteiger partial charge in [-0.1, -0.05) is 23.4 Å². The summed E-state index contributed by atoms with van der Waals surface area (Å²) >= 11 is 0. The van der Waals surface area contributed by atoms with Crippen LogP contribution in [-0.2, 0) is 0 Å². The van der Waals surface area contributed by atoms with Crippen LogP contribution in [0.15, 0.2) is 36.5 Å². The Morgan fingerprint density at radius 1 is 1.27 bits per heavy atom. The number of benzene rings is 1. The van der Waals surface area contributed by atoms with Crippen LogP contribution in [0.4, 0.5) is 0 Å². The second-order valence-electron chi connectivity index (χ2n) is 3.01. The minimum Gasteiger partial charge on any atom is -0.264 e.